The van der Waals surface area contributed by atoms with Gasteiger partial charge in [0.1, 0.15) is 0 Å². The van der Waals surface area contributed by atoms with Crippen molar-refractivity contribution in [1.82, 2.24) is 5.43 Å². The number of halogens is 1. The van der Waals surface area contributed by atoms with E-state index in [9.17, 15) is 9.59 Å². The van der Waals surface area contributed by atoms with Crippen molar-refractivity contribution in [1.29, 1.82) is 0 Å². The van der Waals surface area contributed by atoms with Crippen molar-refractivity contribution in [3.63, 3.8) is 0 Å². The molecule has 2 aromatic rings. The number of hydrogen-bond donors (Lipinski definition) is 2. The lowest BCUT2D eigenvalue weighted by Crippen LogP contribution is -2.21. The molecule has 0 bridgehead atoms. The summed E-state index contributed by atoms with van der Waals surface area (Å²) < 4.78 is 0. The quantitative estimate of drug-likeness (QED) is 0.640. The molecule has 0 fully saturated rings. The number of rotatable bonds is 5. The molecule has 0 atom stereocenters. The Balaban J connectivity index is 1.90. The summed E-state index contributed by atoms with van der Waals surface area (Å²) in [4.78, 5) is 23.9. The van der Waals surface area contributed by atoms with E-state index in [0.29, 0.717) is 22.0 Å². The summed E-state index contributed by atoms with van der Waals surface area (Å²) in [6.07, 6.45) is 0.0805. The van der Waals surface area contributed by atoms with Gasteiger partial charge in [-0.3, -0.25) is 9.59 Å². The Kier molecular flexibility index (Phi) is 6.09. The molecule has 0 saturated carbocycles. The number of benzene rings is 2. The normalized spacial score (nSPS) is 11.0. The van der Waals surface area contributed by atoms with Crippen molar-refractivity contribution in [3.05, 3.63) is 64.7 Å². The smallest absolute Gasteiger partial charge is 0.271 e. The largest absolute Gasteiger partial charge is 0.326 e. The lowest BCUT2D eigenvalue weighted by Gasteiger charge is -2.08. The highest BCUT2D eigenvalue weighted by Crippen LogP contribution is 2.19. The van der Waals surface area contributed by atoms with E-state index in [1.165, 1.54) is 0 Å². The van der Waals surface area contributed by atoms with Crippen LogP contribution in [-0.4, -0.2) is 17.5 Å². The van der Waals surface area contributed by atoms with Crippen LogP contribution in [0.25, 0.3) is 0 Å². The zero-order valence-electron chi connectivity index (χ0n) is 13.5. The van der Waals surface area contributed by atoms with Gasteiger partial charge in [0.25, 0.3) is 5.91 Å². The molecule has 2 N–H and O–H groups in total. The minimum absolute atomic E-state index is 0.0805. The second kappa shape index (κ2) is 8.26. The predicted octanol–water partition coefficient (Wildman–Crippen LogP) is 3.78. The van der Waals surface area contributed by atoms with Gasteiger partial charge in [0.05, 0.1) is 6.42 Å². The van der Waals surface area contributed by atoms with Gasteiger partial charge in [0, 0.05) is 22.0 Å². The second-order valence-corrected chi connectivity index (χ2v) is 5.77. The van der Waals surface area contributed by atoms with Gasteiger partial charge in [-0.05, 0) is 49.7 Å². The highest BCUT2D eigenvalue weighted by atomic mass is 35.5. The number of nitrogens with one attached hydrogen (secondary N) is 2. The molecule has 0 aromatic heterocycles. The van der Waals surface area contributed by atoms with E-state index in [1.54, 1.807) is 49.4 Å². The average molecular weight is 344 g/mol. The lowest BCUT2D eigenvalue weighted by atomic mass is 10.2. The Bertz CT molecular complexity index is 773. The lowest BCUT2D eigenvalue weighted by molar-refractivity contribution is -0.115. The predicted molar refractivity (Wildman–Crippen MR) is 96.5 cm³/mol. The van der Waals surface area contributed by atoms with Gasteiger partial charge in [-0.2, -0.15) is 5.10 Å². The summed E-state index contributed by atoms with van der Waals surface area (Å²) in [7, 11) is 0. The number of hydrazone groups is 1. The molecule has 6 heteroatoms. The molecule has 124 valence electrons. The minimum Gasteiger partial charge on any atom is -0.326 e. The van der Waals surface area contributed by atoms with E-state index in [2.05, 4.69) is 15.8 Å². The van der Waals surface area contributed by atoms with Gasteiger partial charge >= 0.3 is 0 Å². The van der Waals surface area contributed by atoms with Crippen molar-refractivity contribution in [2.75, 3.05) is 5.32 Å². The topological polar surface area (TPSA) is 70.6 Å². The Morgan fingerprint density at radius 2 is 1.83 bits per heavy atom. The summed E-state index contributed by atoms with van der Waals surface area (Å²) in [5.74, 6) is -0.528. The van der Waals surface area contributed by atoms with E-state index >= 15 is 0 Å². The zero-order valence-corrected chi connectivity index (χ0v) is 14.2. The average Bonchev–Trinajstić information content (AvgIpc) is 2.56. The maximum atomic E-state index is 12.0. The fourth-order valence-corrected chi connectivity index (χ4v) is 2.26. The Labute approximate surface area is 145 Å². The molecule has 0 radical (unpaired) electrons. The van der Waals surface area contributed by atoms with Crippen LogP contribution in [0.4, 0.5) is 5.69 Å². The molecule has 0 aliphatic heterocycles. The van der Waals surface area contributed by atoms with Crippen LogP contribution in [0.15, 0.2) is 53.6 Å². The number of aryl methyl sites for hydroxylation is 1. The molecule has 0 aliphatic carbocycles. The second-order valence-electron chi connectivity index (χ2n) is 5.34. The highest BCUT2D eigenvalue weighted by Gasteiger charge is 2.08. The number of amides is 2. The van der Waals surface area contributed by atoms with Crippen molar-refractivity contribution in [3.8, 4) is 0 Å². The molecule has 2 amide bonds. The Hall–Kier alpha value is -2.66. The van der Waals surface area contributed by atoms with Crippen molar-refractivity contribution in [2.24, 2.45) is 5.10 Å². The monoisotopic (exact) mass is 343 g/mol. The van der Waals surface area contributed by atoms with Crippen LogP contribution in [-0.2, 0) is 4.79 Å². The summed E-state index contributed by atoms with van der Waals surface area (Å²) in [5.41, 5.74) is 5.03. The summed E-state index contributed by atoms with van der Waals surface area (Å²) in [6.45, 7) is 3.54. The first kappa shape index (κ1) is 17.7. The standard InChI is InChI=1S/C18H18ClN3O2/c1-12-10-15(19)8-9-16(12)20-17(23)11-13(2)21-22-18(24)14-6-4-3-5-7-14/h3-10H,11H2,1-2H3,(H,20,23)(H,22,24). The van der Waals surface area contributed by atoms with Crippen LogP contribution in [0.5, 0.6) is 0 Å². The van der Waals surface area contributed by atoms with Crippen molar-refractivity contribution in [2.45, 2.75) is 20.3 Å². The van der Waals surface area contributed by atoms with Gasteiger partial charge in [-0.25, -0.2) is 5.43 Å². The number of carbonyl (C=O) groups is 2. The Morgan fingerprint density at radius 1 is 1.12 bits per heavy atom. The molecule has 0 unspecified atom stereocenters. The molecule has 0 saturated heterocycles. The molecule has 24 heavy (non-hydrogen) atoms. The summed E-state index contributed by atoms with van der Waals surface area (Å²) in [5, 5.41) is 7.37. The van der Waals surface area contributed by atoms with E-state index < -0.39 is 0 Å². The van der Waals surface area contributed by atoms with Crippen LogP contribution >= 0.6 is 11.6 Å². The molecule has 2 aromatic carbocycles. The first-order valence-corrected chi connectivity index (χ1v) is 7.78. The van der Waals surface area contributed by atoms with Gasteiger partial charge < -0.3 is 5.32 Å². The van der Waals surface area contributed by atoms with E-state index in [-0.39, 0.29) is 18.2 Å². The van der Waals surface area contributed by atoms with Crippen LogP contribution in [0, 0.1) is 6.92 Å². The molecule has 0 spiro atoms. The third-order valence-corrected chi connectivity index (χ3v) is 3.50. The van der Waals surface area contributed by atoms with Gasteiger partial charge in [0.15, 0.2) is 0 Å². The Morgan fingerprint density at radius 3 is 2.50 bits per heavy atom. The number of carbonyl (C=O) groups excluding carboxylic acids is 2. The van der Waals surface area contributed by atoms with Gasteiger partial charge in [-0.1, -0.05) is 29.8 Å². The summed E-state index contributed by atoms with van der Waals surface area (Å²) in [6, 6.07) is 14.0. The van der Waals surface area contributed by atoms with Crippen LogP contribution < -0.4 is 10.7 Å². The first-order valence-electron chi connectivity index (χ1n) is 7.40. The van der Waals surface area contributed by atoms with E-state index in [1.807, 2.05) is 13.0 Å². The number of nitrogens with zero attached hydrogens (tertiary/aromatic N) is 1. The maximum Gasteiger partial charge on any atom is 0.271 e. The fourth-order valence-electron chi connectivity index (χ4n) is 2.03. The summed E-state index contributed by atoms with van der Waals surface area (Å²) >= 11 is 5.89. The van der Waals surface area contributed by atoms with Crippen LogP contribution in [0.1, 0.15) is 29.3 Å². The van der Waals surface area contributed by atoms with Gasteiger partial charge in [-0.15, -0.1) is 0 Å². The highest BCUT2D eigenvalue weighted by molar-refractivity contribution is 6.30. The molecular formula is C18H18ClN3O2. The maximum absolute atomic E-state index is 12.0. The molecule has 0 aliphatic rings. The van der Waals surface area contributed by atoms with Gasteiger partial charge in [0.2, 0.25) is 5.91 Å². The third kappa shape index (κ3) is 5.21. The van der Waals surface area contributed by atoms with Crippen LogP contribution in [0.3, 0.4) is 0 Å². The number of anilines is 1. The van der Waals surface area contributed by atoms with E-state index in [4.69, 9.17) is 11.6 Å². The molecule has 0 heterocycles. The zero-order chi connectivity index (χ0) is 17.5. The molecule has 5 nitrogen and oxygen atoms in total. The SMILES string of the molecule is CC(CC(=O)Nc1ccc(Cl)cc1C)=NNC(=O)c1ccccc1. The number of hydrogen-bond acceptors (Lipinski definition) is 3. The van der Waals surface area contributed by atoms with Crippen LogP contribution in [0.2, 0.25) is 5.02 Å². The van der Waals surface area contributed by atoms with Crippen molar-refractivity contribution >= 4 is 34.8 Å². The fraction of sp³-hybridized carbons (Fsp3) is 0.167. The molecule has 2 rings (SSSR count). The molecular weight excluding hydrogens is 326 g/mol. The minimum atomic E-state index is -0.316. The third-order valence-electron chi connectivity index (χ3n) is 3.26. The van der Waals surface area contributed by atoms with E-state index in [0.717, 1.165) is 5.56 Å². The first-order chi connectivity index (χ1) is 11.5. The van der Waals surface area contributed by atoms with Crippen molar-refractivity contribution < 1.29 is 9.59 Å².